The summed E-state index contributed by atoms with van der Waals surface area (Å²) >= 11 is 0. The lowest BCUT2D eigenvalue weighted by molar-refractivity contribution is 0.0861. The van der Waals surface area contributed by atoms with Crippen LogP contribution in [0.25, 0.3) is 0 Å². The van der Waals surface area contributed by atoms with E-state index in [1.54, 1.807) is 0 Å². The molecule has 1 amide bonds. The van der Waals surface area contributed by atoms with E-state index in [0.717, 1.165) is 4.31 Å². The molecule has 6 heteroatoms. The number of hydrogen-bond donors (Lipinski definition) is 1. The third-order valence-corrected chi connectivity index (χ3v) is 4.37. The number of carbonyl (C=O) groups is 1. The second-order valence-corrected chi connectivity index (χ2v) is 6.32. The van der Waals surface area contributed by atoms with Crippen molar-refractivity contribution >= 4 is 21.6 Å². The summed E-state index contributed by atoms with van der Waals surface area (Å²) in [6.45, 7) is 3.91. The fraction of sp³-hybridized carbons (Fsp3) is 0.364. The number of carbonyl (C=O) groups excluding carboxylic acids is 1. The van der Waals surface area contributed by atoms with Crippen molar-refractivity contribution in [3.63, 3.8) is 0 Å². The normalized spacial score (nSPS) is 17.6. The molecule has 0 saturated heterocycles. The van der Waals surface area contributed by atoms with Gasteiger partial charge in [0.1, 0.15) is 4.90 Å². The van der Waals surface area contributed by atoms with Crippen molar-refractivity contribution in [3.8, 4) is 0 Å². The highest BCUT2D eigenvalue weighted by Crippen LogP contribution is 2.31. The average Bonchev–Trinajstić information content (AvgIpc) is 2.39. The standard InChI is InChI=1S/C11H14N2O3S/c1-7(2)6-13-11(14)9-5-8(12)3-4-10(9)17(13,15)16/h3-5,7H,6,12H2,1-2H3. The quantitative estimate of drug-likeness (QED) is 0.800. The third kappa shape index (κ3) is 1.78. The zero-order chi connectivity index (χ0) is 12.8. The maximum absolute atomic E-state index is 12.1. The van der Waals surface area contributed by atoms with Crippen molar-refractivity contribution in [2.45, 2.75) is 18.7 Å². The summed E-state index contributed by atoms with van der Waals surface area (Å²) in [6, 6.07) is 4.29. The zero-order valence-electron chi connectivity index (χ0n) is 9.67. The Hall–Kier alpha value is -1.56. The molecule has 1 aromatic rings. The number of nitrogens with two attached hydrogens (primary N) is 1. The van der Waals surface area contributed by atoms with E-state index in [1.165, 1.54) is 18.2 Å². The van der Waals surface area contributed by atoms with E-state index in [4.69, 9.17) is 5.73 Å². The minimum Gasteiger partial charge on any atom is -0.399 e. The van der Waals surface area contributed by atoms with Gasteiger partial charge in [0.2, 0.25) is 0 Å². The van der Waals surface area contributed by atoms with E-state index in [1.807, 2.05) is 13.8 Å². The molecule has 1 aliphatic heterocycles. The van der Waals surface area contributed by atoms with Gasteiger partial charge in [-0.15, -0.1) is 0 Å². The van der Waals surface area contributed by atoms with Gasteiger partial charge < -0.3 is 5.73 Å². The Morgan fingerprint density at radius 1 is 1.35 bits per heavy atom. The monoisotopic (exact) mass is 254 g/mol. The van der Waals surface area contributed by atoms with Gasteiger partial charge in [-0.2, -0.15) is 0 Å². The molecule has 0 bridgehead atoms. The molecule has 1 aliphatic rings. The van der Waals surface area contributed by atoms with Crippen molar-refractivity contribution in [1.82, 2.24) is 4.31 Å². The Morgan fingerprint density at radius 3 is 2.59 bits per heavy atom. The maximum Gasteiger partial charge on any atom is 0.269 e. The lowest BCUT2D eigenvalue weighted by Crippen LogP contribution is -2.33. The molecule has 92 valence electrons. The summed E-state index contributed by atoms with van der Waals surface area (Å²) in [4.78, 5) is 12.0. The fourth-order valence-electron chi connectivity index (χ4n) is 1.81. The maximum atomic E-state index is 12.1. The first-order chi connectivity index (χ1) is 7.84. The van der Waals surface area contributed by atoms with Crippen molar-refractivity contribution < 1.29 is 13.2 Å². The van der Waals surface area contributed by atoms with Crippen LogP contribution in [0.1, 0.15) is 24.2 Å². The minimum absolute atomic E-state index is 0.0531. The summed E-state index contributed by atoms with van der Waals surface area (Å²) < 4.78 is 25.1. The van der Waals surface area contributed by atoms with Gasteiger partial charge in [0.25, 0.3) is 15.9 Å². The number of anilines is 1. The van der Waals surface area contributed by atoms with Crippen LogP contribution in [0, 0.1) is 5.92 Å². The number of benzene rings is 1. The summed E-state index contributed by atoms with van der Waals surface area (Å²) in [6.07, 6.45) is 0. The molecular weight excluding hydrogens is 240 g/mol. The molecule has 0 spiro atoms. The lowest BCUT2D eigenvalue weighted by Gasteiger charge is -2.16. The van der Waals surface area contributed by atoms with Gasteiger partial charge in [-0.05, 0) is 24.1 Å². The molecule has 1 heterocycles. The topological polar surface area (TPSA) is 80.5 Å². The highest BCUT2D eigenvalue weighted by molar-refractivity contribution is 7.90. The van der Waals surface area contributed by atoms with Crippen LogP contribution in [0.3, 0.4) is 0 Å². The molecule has 1 aromatic carbocycles. The van der Waals surface area contributed by atoms with E-state index >= 15 is 0 Å². The molecule has 5 nitrogen and oxygen atoms in total. The molecule has 0 aromatic heterocycles. The number of amides is 1. The first kappa shape index (κ1) is 11.9. The number of fused-ring (bicyclic) bond motifs is 1. The predicted octanol–water partition coefficient (Wildman–Crippen LogP) is 1.07. The minimum atomic E-state index is -3.68. The molecule has 2 rings (SSSR count). The molecular formula is C11H14N2O3S. The molecule has 2 N–H and O–H groups in total. The van der Waals surface area contributed by atoms with Gasteiger partial charge >= 0.3 is 0 Å². The fourth-order valence-corrected chi connectivity index (χ4v) is 3.53. The van der Waals surface area contributed by atoms with E-state index < -0.39 is 15.9 Å². The average molecular weight is 254 g/mol. The predicted molar refractivity (Wildman–Crippen MR) is 63.9 cm³/mol. The van der Waals surface area contributed by atoms with Crippen LogP contribution in [0.15, 0.2) is 23.1 Å². The Labute approximate surface area is 100 Å². The van der Waals surface area contributed by atoms with Gasteiger partial charge in [-0.3, -0.25) is 4.79 Å². The van der Waals surface area contributed by atoms with Crippen molar-refractivity contribution in [3.05, 3.63) is 23.8 Å². The number of sulfonamides is 1. The number of hydrogen-bond acceptors (Lipinski definition) is 4. The molecule has 0 fully saturated rings. The number of rotatable bonds is 2. The number of nitrogens with zero attached hydrogens (tertiary/aromatic N) is 1. The van der Waals surface area contributed by atoms with Crippen molar-refractivity contribution in [1.29, 1.82) is 0 Å². The lowest BCUT2D eigenvalue weighted by atomic mass is 10.1. The van der Waals surface area contributed by atoms with Crippen LogP contribution >= 0.6 is 0 Å². The molecule has 0 aliphatic carbocycles. The van der Waals surface area contributed by atoms with Crippen LogP contribution < -0.4 is 5.73 Å². The van der Waals surface area contributed by atoms with Crippen LogP contribution in [0.2, 0.25) is 0 Å². The zero-order valence-corrected chi connectivity index (χ0v) is 10.5. The SMILES string of the molecule is CC(C)CN1C(=O)c2cc(N)ccc2S1(=O)=O. The smallest absolute Gasteiger partial charge is 0.269 e. The van der Waals surface area contributed by atoms with E-state index in [-0.39, 0.29) is 22.9 Å². The summed E-state index contributed by atoms with van der Waals surface area (Å²) in [5, 5.41) is 0. The Morgan fingerprint density at radius 2 is 2.00 bits per heavy atom. The molecule has 0 unspecified atom stereocenters. The van der Waals surface area contributed by atoms with Gasteiger partial charge in [0, 0.05) is 12.2 Å². The van der Waals surface area contributed by atoms with Gasteiger partial charge in [-0.1, -0.05) is 13.8 Å². The second kappa shape index (κ2) is 3.73. The molecule has 0 radical (unpaired) electrons. The molecule has 17 heavy (non-hydrogen) atoms. The Bertz CT molecular complexity index is 578. The van der Waals surface area contributed by atoms with Crippen molar-refractivity contribution in [2.24, 2.45) is 5.92 Å². The van der Waals surface area contributed by atoms with Crippen LogP contribution in [0.5, 0.6) is 0 Å². The highest BCUT2D eigenvalue weighted by atomic mass is 32.2. The van der Waals surface area contributed by atoms with Crippen LogP contribution in [0.4, 0.5) is 5.69 Å². The molecule has 0 saturated carbocycles. The van der Waals surface area contributed by atoms with Crippen LogP contribution in [-0.2, 0) is 10.0 Å². The molecule has 0 atom stereocenters. The largest absolute Gasteiger partial charge is 0.399 e. The van der Waals surface area contributed by atoms with Gasteiger partial charge in [-0.25, -0.2) is 12.7 Å². The number of nitrogen functional groups attached to an aromatic ring is 1. The van der Waals surface area contributed by atoms with Crippen molar-refractivity contribution in [2.75, 3.05) is 12.3 Å². The van der Waals surface area contributed by atoms with E-state index in [2.05, 4.69) is 0 Å². The Balaban J connectivity index is 2.56. The van der Waals surface area contributed by atoms with Gasteiger partial charge in [0.05, 0.1) is 5.56 Å². The Kier molecular flexibility index (Phi) is 2.61. The first-order valence-electron chi connectivity index (χ1n) is 5.30. The third-order valence-electron chi connectivity index (χ3n) is 2.56. The van der Waals surface area contributed by atoms with Crippen LogP contribution in [-0.4, -0.2) is 25.2 Å². The summed E-state index contributed by atoms with van der Waals surface area (Å²) in [7, 11) is -3.68. The first-order valence-corrected chi connectivity index (χ1v) is 6.74. The van der Waals surface area contributed by atoms with E-state index in [9.17, 15) is 13.2 Å². The van der Waals surface area contributed by atoms with Gasteiger partial charge in [0.15, 0.2) is 0 Å². The second-order valence-electron chi connectivity index (χ2n) is 4.49. The van der Waals surface area contributed by atoms with E-state index in [0.29, 0.717) is 5.69 Å². The summed E-state index contributed by atoms with van der Waals surface area (Å²) in [5.41, 5.74) is 6.12. The summed E-state index contributed by atoms with van der Waals surface area (Å²) in [5.74, 6) is -0.401. The highest BCUT2D eigenvalue weighted by Gasteiger charge is 2.41.